The molecule has 4 rings (SSSR count). The van der Waals surface area contributed by atoms with Crippen molar-refractivity contribution < 1.29 is 0 Å². The number of nitrogen functional groups attached to an aromatic ring is 1. The Morgan fingerprint density at radius 2 is 2.05 bits per heavy atom. The van der Waals surface area contributed by atoms with Crippen LogP contribution in [0.2, 0.25) is 0 Å². The van der Waals surface area contributed by atoms with Crippen molar-refractivity contribution >= 4 is 16.7 Å². The number of rotatable bonds is 2. The molecular weight excluding hydrogens is 258 g/mol. The maximum atomic E-state index is 5.95. The second-order valence-corrected chi connectivity index (χ2v) is 7.78. The van der Waals surface area contributed by atoms with E-state index in [0.29, 0.717) is 17.4 Å². The minimum absolute atomic E-state index is 0.453. The highest BCUT2D eigenvalue weighted by Gasteiger charge is 2.35. The monoisotopic (exact) mass is 283 g/mol. The Kier molecular flexibility index (Phi) is 2.82. The van der Waals surface area contributed by atoms with E-state index in [1.54, 1.807) is 0 Å². The van der Waals surface area contributed by atoms with Crippen molar-refractivity contribution in [3.63, 3.8) is 0 Å². The van der Waals surface area contributed by atoms with Gasteiger partial charge in [0.1, 0.15) is 5.82 Å². The van der Waals surface area contributed by atoms with Gasteiger partial charge >= 0.3 is 0 Å². The highest BCUT2D eigenvalue weighted by molar-refractivity contribution is 5.80. The van der Waals surface area contributed by atoms with Gasteiger partial charge in [-0.05, 0) is 55.7 Å². The number of hydrogen-bond acceptors (Lipinski definition) is 2. The molecule has 2 aliphatic rings. The quantitative estimate of drug-likeness (QED) is 0.816. The first kappa shape index (κ1) is 13.2. The third-order valence-corrected chi connectivity index (χ3v) is 5.23. The molecule has 1 unspecified atom stereocenters. The van der Waals surface area contributed by atoms with Gasteiger partial charge in [0.25, 0.3) is 0 Å². The molecule has 2 fully saturated rings. The van der Waals surface area contributed by atoms with Crippen LogP contribution >= 0.6 is 0 Å². The van der Waals surface area contributed by atoms with Crippen LogP contribution in [-0.2, 0) is 0 Å². The molecule has 0 bridgehead atoms. The Balaban J connectivity index is 1.84. The van der Waals surface area contributed by atoms with Gasteiger partial charge in [-0.3, -0.25) is 0 Å². The fraction of sp³-hybridized carbons (Fsp3) is 0.611. The lowest BCUT2D eigenvalue weighted by Crippen LogP contribution is -2.25. The van der Waals surface area contributed by atoms with Gasteiger partial charge in [0.05, 0.1) is 11.0 Å². The number of nitrogens with two attached hydrogens (primary N) is 1. The van der Waals surface area contributed by atoms with Crippen LogP contribution in [0.5, 0.6) is 0 Å². The van der Waals surface area contributed by atoms with E-state index in [1.807, 2.05) is 12.1 Å². The summed E-state index contributed by atoms with van der Waals surface area (Å²) in [4.78, 5) is 4.94. The predicted octanol–water partition coefficient (Wildman–Crippen LogP) is 4.64. The normalized spacial score (nSPS) is 25.3. The van der Waals surface area contributed by atoms with Crippen LogP contribution in [0.1, 0.15) is 70.2 Å². The van der Waals surface area contributed by atoms with Gasteiger partial charge in [0.15, 0.2) is 0 Å². The highest BCUT2D eigenvalue weighted by atomic mass is 15.1. The van der Waals surface area contributed by atoms with E-state index < -0.39 is 0 Å². The predicted molar refractivity (Wildman–Crippen MR) is 87.4 cm³/mol. The topological polar surface area (TPSA) is 43.8 Å². The first-order chi connectivity index (χ1) is 10.0. The lowest BCUT2D eigenvalue weighted by atomic mass is 9.75. The van der Waals surface area contributed by atoms with E-state index in [4.69, 9.17) is 10.7 Å². The zero-order valence-electron chi connectivity index (χ0n) is 13.1. The molecule has 1 aromatic carbocycles. The van der Waals surface area contributed by atoms with Gasteiger partial charge in [-0.2, -0.15) is 0 Å². The zero-order valence-corrected chi connectivity index (χ0v) is 13.1. The summed E-state index contributed by atoms with van der Waals surface area (Å²) in [5.41, 5.74) is 9.59. The largest absolute Gasteiger partial charge is 0.399 e. The molecule has 2 saturated carbocycles. The Morgan fingerprint density at radius 1 is 1.24 bits per heavy atom. The summed E-state index contributed by atoms with van der Waals surface area (Å²) < 4.78 is 2.56. The molecule has 0 amide bonds. The molecule has 112 valence electrons. The fourth-order valence-electron chi connectivity index (χ4n) is 4.03. The molecule has 3 heteroatoms. The molecule has 0 radical (unpaired) electrons. The molecule has 0 aliphatic heterocycles. The Labute approximate surface area is 126 Å². The van der Waals surface area contributed by atoms with E-state index in [1.165, 1.54) is 49.9 Å². The molecular formula is C18H25N3. The van der Waals surface area contributed by atoms with Gasteiger partial charge in [-0.15, -0.1) is 0 Å². The lowest BCUT2D eigenvalue weighted by Gasteiger charge is -2.36. The van der Waals surface area contributed by atoms with Gasteiger partial charge in [-0.25, -0.2) is 4.98 Å². The third kappa shape index (κ3) is 2.33. The lowest BCUT2D eigenvalue weighted by molar-refractivity contribution is 0.183. The second-order valence-electron chi connectivity index (χ2n) is 7.78. The molecule has 1 heterocycles. The van der Waals surface area contributed by atoms with Crippen LogP contribution in [0.4, 0.5) is 5.69 Å². The van der Waals surface area contributed by atoms with Crippen molar-refractivity contribution in [1.82, 2.24) is 9.55 Å². The first-order valence-corrected chi connectivity index (χ1v) is 8.31. The van der Waals surface area contributed by atoms with Gasteiger partial charge in [-0.1, -0.05) is 20.3 Å². The molecule has 0 spiro atoms. The molecule has 3 nitrogen and oxygen atoms in total. The summed E-state index contributed by atoms with van der Waals surface area (Å²) in [7, 11) is 0. The molecule has 0 saturated heterocycles. The highest BCUT2D eigenvalue weighted by Crippen LogP contribution is 2.47. The molecule has 2 aromatic rings. The number of fused-ring (bicyclic) bond motifs is 1. The standard InChI is InChI=1S/C18H25N3/c1-18(2)9-3-4-14(11-18)21-16-8-7-13(19)10-15(16)20-17(21)12-5-6-12/h7-8,10,12,14H,3-6,9,11,19H2,1-2H3. The number of aromatic nitrogens is 2. The van der Waals surface area contributed by atoms with Gasteiger partial charge < -0.3 is 10.3 Å². The number of imidazole rings is 1. The molecule has 2 N–H and O–H groups in total. The Hall–Kier alpha value is -1.51. The van der Waals surface area contributed by atoms with Crippen LogP contribution in [0.15, 0.2) is 18.2 Å². The second kappa shape index (κ2) is 4.49. The minimum Gasteiger partial charge on any atom is -0.399 e. The average Bonchev–Trinajstić information content (AvgIpc) is 3.18. The number of anilines is 1. The summed E-state index contributed by atoms with van der Waals surface area (Å²) in [6, 6.07) is 6.83. The first-order valence-electron chi connectivity index (χ1n) is 8.31. The zero-order chi connectivity index (χ0) is 14.6. The maximum absolute atomic E-state index is 5.95. The van der Waals surface area contributed by atoms with Crippen LogP contribution < -0.4 is 5.73 Å². The van der Waals surface area contributed by atoms with Gasteiger partial charge in [0.2, 0.25) is 0 Å². The van der Waals surface area contributed by atoms with Crippen LogP contribution in [0, 0.1) is 5.41 Å². The van der Waals surface area contributed by atoms with E-state index in [-0.39, 0.29) is 0 Å². The number of benzene rings is 1. The average molecular weight is 283 g/mol. The van der Waals surface area contributed by atoms with Gasteiger partial charge in [0, 0.05) is 17.6 Å². The Bertz CT molecular complexity index is 679. The summed E-state index contributed by atoms with van der Waals surface area (Å²) >= 11 is 0. The van der Waals surface area contributed by atoms with Crippen LogP contribution in [0.3, 0.4) is 0 Å². The third-order valence-electron chi connectivity index (χ3n) is 5.23. The summed E-state index contributed by atoms with van der Waals surface area (Å²) in [6.45, 7) is 4.82. The van der Waals surface area contributed by atoms with Crippen molar-refractivity contribution in [3.8, 4) is 0 Å². The van der Waals surface area contributed by atoms with Crippen molar-refractivity contribution in [2.75, 3.05) is 5.73 Å². The van der Waals surface area contributed by atoms with E-state index >= 15 is 0 Å². The van der Waals surface area contributed by atoms with Crippen molar-refractivity contribution in [1.29, 1.82) is 0 Å². The minimum atomic E-state index is 0.453. The van der Waals surface area contributed by atoms with Crippen molar-refractivity contribution in [2.45, 2.75) is 64.3 Å². The van der Waals surface area contributed by atoms with E-state index in [2.05, 4.69) is 24.5 Å². The number of hydrogen-bond donors (Lipinski definition) is 1. The molecule has 1 aromatic heterocycles. The fourth-order valence-corrected chi connectivity index (χ4v) is 4.03. The summed E-state index contributed by atoms with van der Waals surface area (Å²) in [5, 5.41) is 0. The van der Waals surface area contributed by atoms with Crippen LogP contribution in [-0.4, -0.2) is 9.55 Å². The number of nitrogens with zero attached hydrogens (tertiary/aromatic N) is 2. The molecule has 1 atom stereocenters. The maximum Gasteiger partial charge on any atom is 0.113 e. The summed E-state index contributed by atoms with van der Waals surface area (Å²) in [5.74, 6) is 2.00. The SMILES string of the molecule is CC1(C)CCCC(n2c(C3CC3)nc3cc(N)ccc32)C1. The Morgan fingerprint density at radius 3 is 2.76 bits per heavy atom. The molecule has 2 aliphatic carbocycles. The molecule has 21 heavy (non-hydrogen) atoms. The van der Waals surface area contributed by atoms with E-state index in [9.17, 15) is 0 Å². The summed E-state index contributed by atoms with van der Waals surface area (Å²) in [6.07, 6.45) is 7.84. The van der Waals surface area contributed by atoms with E-state index in [0.717, 1.165) is 11.2 Å². The van der Waals surface area contributed by atoms with Crippen molar-refractivity contribution in [2.24, 2.45) is 5.41 Å². The van der Waals surface area contributed by atoms with Crippen LogP contribution in [0.25, 0.3) is 11.0 Å². The smallest absolute Gasteiger partial charge is 0.113 e. The van der Waals surface area contributed by atoms with Crippen molar-refractivity contribution in [3.05, 3.63) is 24.0 Å².